The van der Waals surface area contributed by atoms with E-state index in [1.807, 2.05) is 0 Å². The molecule has 1 heterocycles. The van der Waals surface area contributed by atoms with Crippen LogP contribution in [0.15, 0.2) is 188 Å². The molecule has 48 heavy (non-hydrogen) atoms. The summed E-state index contributed by atoms with van der Waals surface area (Å²) in [6.45, 7) is 4.45. The SMILES string of the molecule is C=C1/C=C\C=C/N(c2ccc3c(c2)C2(c4ccccc4-c4ccc(-c5ccccc5)cc42)c2cc4ccccc4cc2-3)C2C=CC=CC12. The van der Waals surface area contributed by atoms with E-state index in [1.165, 1.54) is 72.1 Å². The Balaban J connectivity index is 1.29. The third kappa shape index (κ3) is 3.73. The van der Waals surface area contributed by atoms with Crippen molar-refractivity contribution in [2.24, 2.45) is 5.92 Å². The van der Waals surface area contributed by atoms with E-state index in [-0.39, 0.29) is 12.0 Å². The molecule has 0 fully saturated rings. The lowest BCUT2D eigenvalue weighted by Crippen LogP contribution is -2.37. The number of nitrogens with zero attached hydrogens (tertiary/aromatic N) is 1. The standard InChI is InChI=1S/C47H33N/c1-31-13-11-12-26-48(46-21-10-8-18-37(31)46)36-23-25-40-41-27-33-16-5-6-17-34(33)28-44(41)47(45(40)30-36)42-20-9-7-19-38(42)39-24-22-35(29-43(39)47)32-14-3-2-4-15-32/h2-30,37,46H,1H2/b13-11-,26-12-. The number of hydrogen-bond acceptors (Lipinski definition) is 1. The molecule has 226 valence electrons. The minimum absolute atomic E-state index is 0.136. The van der Waals surface area contributed by atoms with Crippen LogP contribution in [0.2, 0.25) is 0 Å². The third-order valence-corrected chi connectivity index (χ3v) is 11.0. The van der Waals surface area contributed by atoms with Crippen LogP contribution in [0.1, 0.15) is 22.3 Å². The average Bonchev–Trinajstić information content (AvgIpc) is 3.59. The van der Waals surface area contributed by atoms with Crippen molar-refractivity contribution in [2.45, 2.75) is 11.5 Å². The molecule has 3 atom stereocenters. The lowest BCUT2D eigenvalue weighted by Gasteiger charge is -2.37. The largest absolute Gasteiger partial charge is 0.340 e. The van der Waals surface area contributed by atoms with E-state index in [0.29, 0.717) is 0 Å². The van der Waals surface area contributed by atoms with E-state index in [1.54, 1.807) is 0 Å². The van der Waals surface area contributed by atoms with Gasteiger partial charge in [-0.15, -0.1) is 0 Å². The summed E-state index contributed by atoms with van der Waals surface area (Å²) in [5.74, 6) is 0.197. The summed E-state index contributed by atoms with van der Waals surface area (Å²) in [5, 5.41) is 2.54. The fraction of sp³-hybridized carbons (Fsp3) is 0.0638. The Kier molecular flexibility index (Phi) is 5.83. The molecule has 0 saturated heterocycles. The second kappa shape index (κ2) is 10.3. The zero-order valence-electron chi connectivity index (χ0n) is 26.6. The zero-order valence-corrected chi connectivity index (χ0v) is 26.6. The Labute approximate surface area is 281 Å². The van der Waals surface area contributed by atoms with E-state index in [4.69, 9.17) is 0 Å². The lowest BCUT2D eigenvalue weighted by atomic mass is 9.70. The van der Waals surface area contributed by atoms with Crippen molar-refractivity contribution in [1.29, 1.82) is 0 Å². The first-order chi connectivity index (χ1) is 23.7. The summed E-state index contributed by atoms with van der Waals surface area (Å²) in [6.07, 6.45) is 17.6. The molecular weight excluding hydrogens is 579 g/mol. The van der Waals surface area contributed by atoms with Gasteiger partial charge in [0.05, 0.1) is 11.5 Å². The van der Waals surface area contributed by atoms with Crippen molar-refractivity contribution in [1.82, 2.24) is 0 Å². The molecule has 6 aromatic carbocycles. The van der Waals surface area contributed by atoms with Crippen LogP contribution in [0.4, 0.5) is 5.69 Å². The molecule has 0 N–H and O–H groups in total. The molecule has 1 nitrogen and oxygen atoms in total. The zero-order chi connectivity index (χ0) is 31.8. The second-order valence-electron chi connectivity index (χ2n) is 13.4. The van der Waals surface area contributed by atoms with Gasteiger partial charge < -0.3 is 4.90 Å². The molecule has 6 aromatic rings. The summed E-state index contributed by atoms with van der Waals surface area (Å²) in [5.41, 5.74) is 15.0. The highest BCUT2D eigenvalue weighted by Gasteiger charge is 2.52. The van der Waals surface area contributed by atoms with Gasteiger partial charge in [-0.05, 0) is 108 Å². The maximum Gasteiger partial charge on any atom is 0.0726 e. The summed E-state index contributed by atoms with van der Waals surface area (Å²) in [6, 6.07) is 48.1. The first kappa shape index (κ1) is 27.2. The highest BCUT2D eigenvalue weighted by molar-refractivity contribution is 6.00. The van der Waals surface area contributed by atoms with Gasteiger partial charge in [-0.2, -0.15) is 0 Å². The van der Waals surface area contributed by atoms with Gasteiger partial charge in [-0.25, -0.2) is 0 Å². The monoisotopic (exact) mass is 611 g/mol. The van der Waals surface area contributed by atoms with Gasteiger partial charge in [0, 0.05) is 17.8 Å². The number of hydrogen-bond donors (Lipinski definition) is 0. The van der Waals surface area contributed by atoms with Gasteiger partial charge in [0.2, 0.25) is 0 Å². The third-order valence-electron chi connectivity index (χ3n) is 11.0. The van der Waals surface area contributed by atoms with Crippen LogP contribution < -0.4 is 4.90 Å². The Hall–Kier alpha value is -5.92. The van der Waals surface area contributed by atoms with Crippen LogP contribution in [-0.4, -0.2) is 6.04 Å². The topological polar surface area (TPSA) is 3.24 Å². The van der Waals surface area contributed by atoms with Gasteiger partial charge in [0.15, 0.2) is 0 Å². The minimum Gasteiger partial charge on any atom is -0.340 e. The van der Waals surface area contributed by atoms with Crippen molar-refractivity contribution < 1.29 is 0 Å². The minimum atomic E-state index is -0.459. The van der Waals surface area contributed by atoms with Gasteiger partial charge in [-0.3, -0.25) is 0 Å². The van der Waals surface area contributed by atoms with Gasteiger partial charge in [-0.1, -0.05) is 140 Å². The molecule has 0 aromatic heterocycles. The molecular formula is C47H33N. The van der Waals surface area contributed by atoms with Crippen LogP contribution in [0.25, 0.3) is 44.2 Å². The molecule has 3 unspecified atom stereocenters. The molecule has 1 aliphatic heterocycles. The number of allylic oxidation sites excluding steroid dienone is 5. The van der Waals surface area contributed by atoms with Gasteiger partial charge in [0.1, 0.15) is 0 Å². The van der Waals surface area contributed by atoms with Crippen LogP contribution in [0, 0.1) is 5.92 Å². The average molecular weight is 612 g/mol. The summed E-state index contributed by atoms with van der Waals surface area (Å²) in [7, 11) is 0. The molecule has 1 spiro atoms. The quantitative estimate of drug-likeness (QED) is 0.188. The number of fused-ring (bicyclic) bond motifs is 12. The summed E-state index contributed by atoms with van der Waals surface area (Å²) < 4.78 is 0. The molecule has 0 bridgehead atoms. The van der Waals surface area contributed by atoms with E-state index in [2.05, 4.69) is 188 Å². The van der Waals surface area contributed by atoms with Crippen molar-refractivity contribution in [3.8, 4) is 33.4 Å². The molecule has 0 saturated carbocycles. The van der Waals surface area contributed by atoms with E-state index < -0.39 is 5.41 Å². The Morgan fingerprint density at radius 2 is 1.19 bits per heavy atom. The maximum atomic E-state index is 4.45. The lowest BCUT2D eigenvalue weighted by molar-refractivity contribution is 0.639. The second-order valence-corrected chi connectivity index (χ2v) is 13.4. The number of benzene rings is 6. The Morgan fingerprint density at radius 3 is 2.08 bits per heavy atom. The number of rotatable bonds is 2. The molecule has 3 aliphatic carbocycles. The van der Waals surface area contributed by atoms with E-state index in [9.17, 15) is 0 Å². The summed E-state index contributed by atoms with van der Waals surface area (Å²) >= 11 is 0. The van der Waals surface area contributed by atoms with Crippen LogP contribution in [0.3, 0.4) is 0 Å². The van der Waals surface area contributed by atoms with Crippen molar-refractivity contribution in [3.05, 3.63) is 211 Å². The molecule has 0 radical (unpaired) electrons. The predicted octanol–water partition coefficient (Wildman–Crippen LogP) is 11.4. The smallest absolute Gasteiger partial charge is 0.0726 e. The Morgan fingerprint density at radius 1 is 0.500 bits per heavy atom. The molecule has 10 rings (SSSR count). The number of anilines is 1. The highest BCUT2D eigenvalue weighted by atomic mass is 15.1. The predicted molar refractivity (Wildman–Crippen MR) is 201 cm³/mol. The molecule has 0 amide bonds. The first-order valence-electron chi connectivity index (χ1n) is 16.9. The summed E-state index contributed by atoms with van der Waals surface area (Å²) in [4.78, 5) is 2.44. The van der Waals surface area contributed by atoms with E-state index in [0.717, 1.165) is 5.57 Å². The normalized spacial score (nSPS) is 22.4. The molecule has 4 aliphatic rings. The Bertz CT molecular complexity index is 2440. The fourth-order valence-corrected chi connectivity index (χ4v) is 8.82. The van der Waals surface area contributed by atoms with Crippen molar-refractivity contribution >= 4 is 16.5 Å². The van der Waals surface area contributed by atoms with Crippen LogP contribution in [-0.2, 0) is 5.41 Å². The maximum absolute atomic E-state index is 4.45. The first-order valence-corrected chi connectivity index (χ1v) is 16.9. The van der Waals surface area contributed by atoms with Crippen LogP contribution in [0.5, 0.6) is 0 Å². The van der Waals surface area contributed by atoms with Crippen molar-refractivity contribution in [2.75, 3.05) is 4.90 Å². The molecule has 1 heteroatoms. The van der Waals surface area contributed by atoms with Gasteiger partial charge >= 0.3 is 0 Å². The van der Waals surface area contributed by atoms with Crippen molar-refractivity contribution in [3.63, 3.8) is 0 Å². The van der Waals surface area contributed by atoms with E-state index >= 15 is 0 Å². The van der Waals surface area contributed by atoms with Crippen LogP contribution >= 0.6 is 0 Å². The fourth-order valence-electron chi connectivity index (χ4n) is 8.82. The van der Waals surface area contributed by atoms with Gasteiger partial charge in [0.25, 0.3) is 0 Å². The highest BCUT2D eigenvalue weighted by Crippen LogP contribution is 2.64.